The highest BCUT2D eigenvalue weighted by atomic mass is 127. The van der Waals surface area contributed by atoms with Gasteiger partial charge in [-0.2, -0.15) is 0 Å². The van der Waals surface area contributed by atoms with Crippen molar-refractivity contribution in [1.82, 2.24) is 0 Å². The fourth-order valence-electron chi connectivity index (χ4n) is 1.78. The van der Waals surface area contributed by atoms with Gasteiger partial charge in [-0.05, 0) is 57.8 Å². The summed E-state index contributed by atoms with van der Waals surface area (Å²) in [5.74, 6) is -0.276. The number of halogens is 2. The van der Waals surface area contributed by atoms with E-state index in [0.29, 0.717) is 0 Å². The minimum absolute atomic E-state index is 0.0819. The minimum atomic E-state index is -0.686. The summed E-state index contributed by atoms with van der Waals surface area (Å²) < 4.78 is 13.8. The second-order valence-corrected chi connectivity index (χ2v) is 7.80. The van der Waals surface area contributed by atoms with Crippen LogP contribution in [0.25, 0.3) is 0 Å². The molecule has 0 aliphatic carbocycles. The second-order valence-electron chi connectivity index (χ2n) is 5.52. The van der Waals surface area contributed by atoms with Crippen LogP contribution >= 0.6 is 33.9 Å². The van der Waals surface area contributed by atoms with E-state index >= 15 is 0 Å². The third-order valence-corrected chi connectivity index (χ3v) is 5.39. The molecular formula is C15H16FIOS. The van der Waals surface area contributed by atoms with Gasteiger partial charge in [-0.3, -0.25) is 0 Å². The van der Waals surface area contributed by atoms with E-state index < -0.39 is 6.10 Å². The largest absolute Gasteiger partial charge is 0.383 e. The minimum Gasteiger partial charge on any atom is -0.383 e. The Morgan fingerprint density at radius 1 is 1.21 bits per heavy atom. The first kappa shape index (κ1) is 14.9. The van der Waals surface area contributed by atoms with Crippen molar-refractivity contribution < 1.29 is 9.50 Å². The summed E-state index contributed by atoms with van der Waals surface area (Å²) in [5, 5.41) is 10.4. The zero-order valence-electron chi connectivity index (χ0n) is 11.1. The first-order valence-corrected chi connectivity index (χ1v) is 7.92. The molecule has 0 fully saturated rings. The van der Waals surface area contributed by atoms with Crippen LogP contribution in [0.15, 0.2) is 30.3 Å². The summed E-state index contributed by atoms with van der Waals surface area (Å²) in [6.07, 6.45) is -0.686. The molecule has 1 aromatic heterocycles. The molecule has 1 nitrogen and oxygen atoms in total. The van der Waals surface area contributed by atoms with Gasteiger partial charge in [0.25, 0.3) is 0 Å². The maximum Gasteiger partial charge on any atom is 0.124 e. The van der Waals surface area contributed by atoms with Gasteiger partial charge in [-0.1, -0.05) is 26.8 Å². The number of hydrogen-bond acceptors (Lipinski definition) is 2. The number of thiophene rings is 1. The number of rotatable bonds is 2. The average molecular weight is 390 g/mol. The highest BCUT2D eigenvalue weighted by Gasteiger charge is 2.20. The maximum absolute atomic E-state index is 13.1. The van der Waals surface area contributed by atoms with E-state index in [9.17, 15) is 9.50 Å². The van der Waals surface area contributed by atoms with Crippen molar-refractivity contribution in [3.63, 3.8) is 0 Å². The molecule has 0 amide bonds. The number of aliphatic hydroxyl groups is 1. The monoisotopic (exact) mass is 390 g/mol. The van der Waals surface area contributed by atoms with Crippen LogP contribution in [0.3, 0.4) is 0 Å². The smallest absolute Gasteiger partial charge is 0.124 e. The zero-order chi connectivity index (χ0) is 14.2. The summed E-state index contributed by atoms with van der Waals surface area (Å²) in [6.45, 7) is 6.45. The van der Waals surface area contributed by atoms with Gasteiger partial charge in [0.1, 0.15) is 11.9 Å². The molecule has 0 aliphatic rings. The van der Waals surface area contributed by atoms with Gasteiger partial charge in [0.05, 0.1) is 0 Å². The topological polar surface area (TPSA) is 20.2 Å². The summed E-state index contributed by atoms with van der Waals surface area (Å²) in [4.78, 5) is 2.13. The van der Waals surface area contributed by atoms with E-state index in [1.54, 1.807) is 17.4 Å². The molecule has 19 heavy (non-hydrogen) atoms. The van der Waals surface area contributed by atoms with Gasteiger partial charge in [-0.25, -0.2) is 4.39 Å². The fourth-order valence-corrected chi connectivity index (χ4v) is 3.62. The van der Waals surface area contributed by atoms with Gasteiger partial charge in [0, 0.05) is 13.3 Å². The average Bonchev–Trinajstić information content (AvgIpc) is 2.76. The molecule has 1 aromatic carbocycles. The summed E-state index contributed by atoms with van der Waals surface area (Å²) in [6, 6.07) is 8.49. The Kier molecular flexibility index (Phi) is 4.32. The highest BCUT2D eigenvalue weighted by molar-refractivity contribution is 14.1. The quantitative estimate of drug-likeness (QED) is 0.726. The number of hydrogen-bond donors (Lipinski definition) is 1. The summed E-state index contributed by atoms with van der Waals surface area (Å²) >= 11 is 3.66. The van der Waals surface area contributed by atoms with Crippen molar-refractivity contribution in [3.8, 4) is 0 Å². The van der Waals surface area contributed by atoms with Gasteiger partial charge in [0.2, 0.25) is 0 Å². The summed E-state index contributed by atoms with van der Waals surface area (Å²) in [7, 11) is 0. The molecule has 0 bridgehead atoms. The van der Waals surface area contributed by atoms with Crippen molar-refractivity contribution in [1.29, 1.82) is 0 Å². The van der Waals surface area contributed by atoms with Crippen LogP contribution in [0.2, 0.25) is 0 Å². The molecule has 2 aromatic rings. The lowest BCUT2D eigenvalue weighted by atomic mass is 9.95. The Morgan fingerprint density at radius 2 is 1.89 bits per heavy atom. The molecule has 4 heteroatoms. The Morgan fingerprint density at radius 3 is 2.42 bits per heavy atom. The molecule has 2 rings (SSSR count). The van der Waals surface area contributed by atoms with Crippen molar-refractivity contribution >= 4 is 33.9 Å². The van der Waals surface area contributed by atoms with Crippen LogP contribution in [0.1, 0.15) is 42.2 Å². The van der Waals surface area contributed by atoms with Crippen LogP contribution in [0.5, 0.6) is 0 Å². The molecule has 0 saturated carbocycles. The number of benzene rings is 1. The van der Waals surface area contributed by atoms with Crippen molar-refractivity contribution in [2.45, 2.75) is 32.3 Å². The Hall–Kier alpha value is -0.460. The fraction of sp³-hybridized carbons (Fsp3) is 0.333. The lowest BCUT2D eigenvalue weighted by molar-refractivity contribution is 0.223. The van der Waals surface area contributed by atoms with Gasteiger partial charge in [-0.15, -0.1) is 11.3 Å². The molecule has 1 unspecified atom stereocenters. The van der Waals surface area contributed by atoms with Gasteiger partial charge >= 0.3 is 0 Å². The van der Waals surface area contributed by atoms with E-state index in [-0.39, 0.29) is 11.2 Å². The van der Waals surface area contributed by atoms with Crippen LogP contribution in [0, 0.1) is 9.39 Å². The van der Waals surface area contributed by atoms with Crippen LogP contribution in [-0.2, 0) is 5.41 Å². The van der Waals surface area contributed by atoms with Gasteiger partial charge in [0.15, 0.2) is 0 Å². The van der Waals surface area contributed by atoms with Crippen molar-refractivity contribution in [3.05, 3.63) is 55.0 Å². The molecule has 0 radical (unpaired) electrons. The zero-order valence-corrected chi connectivity index (χ0v) is 14.0. The van der Waals surface area contributed by atoms with Crippen LogP contribution in [0.4, 0.5) is 4.39 Å². The first-order valence-electron chi connectivity index (χ1n) is 6.02. The van der Waals surface area contributed by atoms with Crippen LogP contribution < -0.4 is 0 Å². The Bertz CT molecular complexity index is 586. The van der Waals surface area contributed by atoms with E-state index in [1.165, 1.54) is 17.0 Å². The lowest BCUT2D eigenvalue weighted by Crippen LogP contribution is -2.08. The van der Waals surface area contributed by atoms with Crippen molar-refractivity contribution in [2.75, 3.05) is 0 Å². The molecule has 0 spiro atoms. The molecule has 0 saturated heterocycles. The molecule has 102 valence electrons. The standard InChI is InChI=1S/C15H16FIOS/c1-15(2,3)13-7-6-12(19-13)14(18)10-5-4-9(16)8-11(10)17/h4-8,14,18H,1-3H3. The van der Waals surface area contributed by atoms with Crippen molar-refractivity contribution in [2.24, 2.45) is 0 Å². The first-order chi connectivity index (χ1) is 8.79. The molecule has 1 heterocycles. The van der Waals surface area contributed by atoms with E-state index in [2.05, 4.69) is 49.4 Å². The lowest BCUT2D eigenvalue weighted by Gasteiger charge is -2.16. The maximum atomic E-state index is 13.1. The van der Waals surface area contributed by atoms with Crippen LogP contribution in [-0.4, -0.2) is 5.11 Å². The number of aliphatic hydroxyl groups excluding tert-OH is 1. The normalized spacial score (nSPS) is 13.6. The predicted octanol–water partition coefficient (Wildman–Crippen LogP) is 4.87. The van der Waals surface area contributed by atoms with E-state index in [4.69, 9.17) is 0 Å². The molecular weight excluding hydrogens is 374 g/mol. The Labute approximate surface area is 130 Å². The SMILES string of the molecule is CC(C)(C)c1ccc(C(O)c2ccc(F)cc2I)s1. The molecule has 1 atom stereocenters. The predicted molar refractivity (Wildman–Crippen MR) is 86.2 cm³/mol. The van der Waals surface area contributed by atoms with Gasteiger partial charge < -0.3 is 5.11 Å². The third kappa shape index (κ3) is 3.35. The van der Waals surface area contributed by atoms with E-state index in [1.807, 2.05) is 6.07 Å². The second kappa shape index (κ2) is 5.50. The van der Waals surface area contributed by atoms with E-state index in [0.717, 1.165) is 14.0 Å². The Balaban J connectivity index is 2.34. The molecule has 0 aliphatic heterocycles. The summed E-state index contributed by atoms with van der Waals surface area (Å²) in [5.41, 5.74) is 0.836. The molecule has 1 N–H and O–H groups in total. The highest BCUT2D eigenvalue weighted by Crippen LogP contribution is 2.35. The third-order valence-electron chi connectivity index (χ3n) is 2.89.